The highest BCUT2D eigenvalue weighted by Crippen LogP contribution is 2.33. The summed E-state index contributed by atoms with van der Waals surface area (Å²) in [4.78, 5) is 11.8. The molecule has 0 fully saturated rings. The van der Waals surface area contributed by atoms with E-state index in [0.717, 1.165) is 22.4 Å². The first kappa shape index (κ1) is 13.2. The van der Waals surface area contributed by atoms with Crippen LogP contribution >= 0.6 is 0 Å². The third kappa shape index (κ3) is 2.34. The fraction of sp³-hybridized carbons (Fsp3) is 0.0556. The predicted molar refractivity (Wildman–Crippen MR) is 83.2 cm³/mol. The Hall–Kier alpha value is -2.81. The lowest BCUT2D eigenvalue weighted by Gasteiger charge is -2.06. The van der Waals surface area contributed by atoms with Crippen LogP contribution in [0.5, 0.6) is 0 Å². The van der Waals surface area contributed by atoms with Gasteiger partial charge in [-0.05, 0) is 11.1 Å². The first-order valence-corrected chi connectivity index (χ1v) is 6.72. The maximum Gasteiger partial charge on any atom is 0.338 e. The van der Waals surface area contributed by atoms with Crippen molar-refractivity contribution in [3.05, 3.63) is 72.4 Å². The van der Waals surface area contributed by atoms with Gasteiger partial charge in [0.15, 0.2) is 0 Å². The largest absolute Gasteiger partial charge is 0.478 e. The molecule has 3 heteroatoms. The van der Waals surface area contributed by atoms with E-state index in [1.807, 2.05) is 78.5 Å². The van der Waals surface area contributed by atoms with Gasteiger partial charge in [-0.2, -0.15) is 0 Å². The molecule has 2 aromatic carbocycles. The topological polar surface area (TPSA) is 42.2 Å². The normalized spacial score (nSPS) is 10.5. The summed E-state index contributed by atoms with van der Waals surface area (Å²) in [5, 5.41) is 9.67. The standard InChI is InChI=1S/C18H15NO2/c1-19-12-15(13-8-4-2-5-9-13)16(18(20)21)17(19)14-10-6-3-7-11-14/h2-12H,1H3,(H,20,21). The molecule has 0 aliphatic rings. The van der Waals surface area contributed by atoms with Gasteiger partial charge in [-0.3, -0.25) is 0 Å². The molecule has 1 heterocycles. The highest BCUT2D eigenvalue weighted by Gasteiger charge is 2.22. The molecule has 0 unspecified atom stereocenters. The number of rotatable bonds is 3. The number of carbonyl (C=O) groups is 1. The van der Waals surface area contributed by atoms with Crippen LogP contribution in [0.1, 0.15) is 10.4 Å². The zero-order valence-electron chi connectivity index (χ0n) is 11.7. The molecule has 0 saturated carbocycles. The minimum Gasteiger partial charge on any atom is -0.478 e. The first-order chi connectivity index (χ1) is 10.2. The lowest BCUT2D eigenvalue weighted by Crippen LogP contribution is -2.01. The Morgan fingerprint density at radius 3 is 1.95 bits per heavy atom. The lowest BCUT2D eigenvalue weighted by atomic mass is 10.00. The van der Waals surface area contributed by atoms with Crippen LogP contribution in [0.3, 0.4) is 0 Å². The second kappa shape index (κ2) is 5.29. The summed E-state index contributed by atoms with van der Waals surface area (Å²) in [5.74, 6) is -0.909. The number of aromatic nitrogens is 1. The molecule has 0 radical (unpaired) electrons. The zero-order chi connectivity index (χ0) is 14.8. The van der Waals surface area contributed by atoms with Crippen LogP contribution in [-0.2, 0) is 7.05 Å². The second-order valence-electron chi connectivity index (χ2n) is 4.91. The van der Waals surface area contributed by atoms with Crippen molar-refractivity contribution in [1.82, 2.24) is 4.57 Å². The van der Waals surface area contributed by atoms with Crippen LogP contribution in [0.4, 0.5) is 0 Å². The maximum atomic E-state index is 11.8. The van der Waals surface area contributed by atoms with Gasteiger partial charge < -0.3 is 9.67 Å². The van der Waals surface area contributed by atoms with Crippen molar-refractivity contribution < 1.29 is 9.90 Å². The van der Waals surface area contributed by atoms with E-state index < -0.39 is 5.97 Å². The van der Waals surface area contributed by atoms with E-state index in [1.165, 1.54) is 0 Å². The van der Waals surface area contributed by atoms with E-state index in [9.17, 15) is 9.90 Å². The van der Waals surface area contributed by atoms with Crippen LogP contribution in [0.2, 0.25) is 0 Å². The Morgan fingerprint density at radius 1 is 0.905 bits per heavy atom. The number of aromatic carboxylic acids is 1. The first-order valence-electron chi connectivity index (χ1n) is 6.72. The van der Waals surface area contributed by atoms with Crippen LogP contribution in [-0.4, -0.2) is 15.6 Å². The summed E-state index contributed by atoms with van der Waals surface area (Å²) in [5.41, 5.74) is 3.62. The van der Waals surface area contributed by atoms with E-state index in [0.29, 0.717) is 5.56 Å². The number of carboxylic acid groups (broad SMARTS) is 1. The van der Waals surface area contributed by atoms with Crippen molar-refractivity contribution >= 4 is 5.97 Å². The molecule has 0 spiro atoms. The van der Waals surface area contributed by atoms with Gasteiger partial charge in [0, 0.05) is 18.8 Å². The summed E-state index contributed by atoms with van der Waals surface area (Å²) >= 11 is 0. The molecule has 104 valence electrons. The number of nitrogens with zero attached hydrogens (tertiary/aromatic N) is 1. The monoisotopic (exact) mass is 277 g/mol. The zero-order valence-corrected chi connectivity index (χ0v) is 11.7. The molecule has 1 aromatic heterocycles. The van der Waals surface area contributed by atoms with Crippen LogP contribution in [0.15, 0.2) is 66.9 Å². The average molecular weight is 277 g/mol. The number of benzene rings is 2. The summed E-state index contributed by atoms with van der Waals surface area (Å²) in [6, 6.07) is 19.2. The van der Waals surface area contributed by atoms with Crippen molar-refractivity contribution in [2.24, 2.45) is 7.05 Å². The van der Waals surface area contributed by atoms with Crippen LogP contribution < -0.4 is 0 Å². The number of carboxylic acids is 1. The molecule has 0 bridgehead atoms. The molecule has 21 heavy (non-hydrogen) atoms. The molecule has 0 saturated heterocycles. The molecule has 0 aliphatic heterocycles. The summed E-state index contributed by atoms with van der Waals surface area (Å²) in [6.07, 6.45) is 1.88. The van der Waals surface area contributed by atoms with Crippen molar-refractivity contribution in [2.75, 3.05) is 0 Å². The fourth-order valence-corrected chi connectivity index (χ4v) is 2.62. The maximum absolute atomic E-state index is 11.8. The number of hydrogen-bond acceptors (Lipinski definition) is 1. The molecule has 1 N–H and O–H groups in total. The van der Waals surface area contributed by atoms with E-state index >= 15 is 0 Å². The van der Waals surface area contributed by atoms with Crippen molar-refractivity contribution in [3.63, 3.8) is 0 Å². The van der Waals surface area contributed by atoms with Crippen molar-refractivity contribution in [2.45, 2.75) is 0 Å². The Labute approximate surface area is 123 Å². The highest BCUT2D eigenvalue weighted by molar-refractivity contribution is 6.02. The van der Waals surface area contributed by atoms with Gasteiger partial charge in [-0.1, -0.05) is 60.7 Å². The Kier molecular flexibility index (Phi) is 3.32. The van der Waals surface area contributed by atoms with E-state index in [2.05, 4.69) is 0 Å². The number of aryl methyl sites for hydroxylation is 1. The number of hydrogen-bond donors (Lipinski definition) is 1. The van der Waals surface area contributed by atoms with Gasteiger partial charge in [0.25, 0.3) is 0 Å². The third-order valence-corrected chi connectivity index (χ3v) is 3.53. The van der Waals surface area contributed by atoms with Gasteiger partial charge >= 0.3 is 5.97 Å². The molecule has 3 nitrogen and oxygen atoms in total. The van der Waals surface area contributed by atoms with Gasteiger partial charge in [-0.15, -0.1) is 0 Å². The SMILES string of the molecule is Cn1cc(-c2ccccc2)c(C(=O)O)c1-c1ccccc1. The Bertz CT molecular complexity index is 774. The molecular weight excluding hydrogens is 262 g/mol. The summed E-state index contributed by atoms with van der Waals surface area (Å²) in [7, 11) is 1.88. The molecule has 3 rings (SSSR count). The summed E-state index contributed by atoms with van der Waals surface area (Å²) in [6.45, 7) is 0. The van der Waals surface area contributed by atoms with E-state index in [1.54, 1.807) is 0 Å². The molecular formula is C18H15NO2. The highest BCUT2D eigenvalue weighted by atomic mass is 16.4. The van der Waals surface area contributed by atoms with Gasteiger partial charge in [0.2, 0.25) is 0 Å². The fourth-order valence-electron chi connectivity index (χ4n) is 2.62. The average Bonchev–Trinajstić information content (AvgIpc) is 2.87. The van der Waals surface area contributed by atoms with Gasteiger partial charge in [0.05, 0.1) is 11.3 Å². The van der Waals surface area contributed by atoms with Crippen molar-refractivity contribution in [1.29, 1.82) is 0 Å². The van der Waals surface area contributed by atoms with Gasteiger partial charge in [0.1, 0.15) is 0 Å². The quantitative estimate of drug-likeness (QED) is 0.784. The smallest absolute Gasteiger partial charge is 0.338 e. The van der Waals surface area contributed by atoms with Crippen molar-refractivity contribution in [3.8, 4) is 22.4 Å². The minimum absolute atomic E-state index is 0.343. The van der Waals surface area contributed by atoms with E-state index in [-0.39, 0.29) is 0 Å². The molecule has 0 amide bonds. The molecule has 0 aliphatic carbocycles. The Balaban J connectivity index is 2.28. The molecule has 3 aromatic rings. The predicted octanol–water partition coefficient (Wildman–Crippen LogP) is 4.06. The van der Waals surface area contributed by atoms with Gasteiger partial charge in [-0.25, -0.2) is 4.79 Å². The summed E-state index contributed by atoms with van der Waals surface area (Å²) < 4.78 is 1.88. The second-order valence-corrected chi connectivity index (χ2v) is 4.91. The molecule has 0 atom stereocenters. The van der Waals surface area contributed by atoms with Crippen LogP contribution in [0, 0.1) is 0 Å². The van der Waals surface area contributed by atoms with Crippen LogP contribution in [0.25, 0.3) is 22.4 Å². The minimum atomic E-state index is -0.909. The van der Waals surface area contributed by atoms with E-state index in [4.69, 9.17) is 0 Å². The lowest BCUT2D eigenvalue weighted by molar-refractivity contribution is 0.0698. The Morgan fingerprint density at radius 2 is 1.43 bits per heavy atom. The third-order valence-electron chi connectivity index (χ3n) is 3.53.